The van der Waals surface area contributed by atoms with E-state index in [2.05, 4.69) is 17.2 Å². The SMILES string of the molecule is C=c1ccc2c(c1)Oc1cc(N(C)C)ccc1C=2c1c(Cl)cc(C(=O)NCCNC(=O)c2ccc(-c3c4ccc(=O)cc-4oc4cc(O)ccc34)cc2)c(Cl)c1C(=O)O. The van der Waals surface area contributed by atoms with Gasteiger partial charge in [0.1, 0.15) is 28.6 Å². The summed E-state index contributed by atoms with van der Waals surface area (Å²) in [6.45, 7) is 4.02. The summed E-state index contributed by atoms with van der Waals surface area (Å²) in [5.74, 6) is -1.18. The molecule has 8 rings (SSSR count). The van der Waals surface area contributed by atoms with Crippen LogP contribution in [0.25, 0.3) is 45.6 Å². The second-order valence-corrected chi connectivity index (χ2v) is 14.8. The number of ether oxygens (including phenoxy) is 1. The zero-order valence-corrected chi connectivity index (χ0v) is 33.0. The van der Waals surface area contributed by atoms with Crippen molar-refractivity contribution in [3.63, 3.8) is 0 Å². The van der Waals surface area contributed by atoms with Crippen molar-refractivity contribution in [3.8, 4) is 39.7 Å². The zero-order chi connectivity index (χ0) is 41.7. The summed E-state index contributed by atoms with van der Waals surface area (Å²) in [5.41, 5.74) is 4.24. The van der Waals surface area contributed by atoms with Gasteiger partial charge in [-0.1, -0.05) is 54.0 Å². The maximum Gasteiger partial charge on any atom is 0.337 e. The quantitative estimate of drug-likeness (QED) is 0.0868. The number of carboxylic acids is 1. The first-order valence-electron chi connectivity index (χ1n) is 18.2. The van der Waals surface area contributed by atoms with E-state index in [9.17, 15) is 29.4 Å². The monoisotopic (exact) mass is 825 g/mol. The number of rotatable bonds is 9. The number of anilines is 1. The second-order valence-electron chi connectivity index (χ2n) is 14.1. The van der Waals surface area contributed by atoms with Crippen LogP contribution >= 0.6 is 23.2 Å². The van der Waals surface area contributed by atoms with Crippen molar-refractivity contribution < 1.29 is 33.8 Å². The Labute approximate surface area is 346 Å². The third kappa shape index (κ3) is 7.22. The molecule has 11 nitrogen and oxygen atoms in total. The average molecular weight is 827 g/mol. The van der Waals surface area contributed by atoms with Gasteiger partial charge in [0.05, 0.1) is 21.2 Å². The van der Waals surface area contributed by atoms with Crippen LogP contribution in [0.15, 0.2) is 112 Å². The number of benzene rings is 6. The van der Waals surface area contributed by atoms with Crippen molar-refractivity contribution >= 4 is 69.8 Å². The van der Waals surface area contributed by atoms with Gasteiger partial charge in [-0.05, 0) is 71.4 Å². The molecule has 13 heteroatoms. The summed E-state index contributed by atoms with van der Waals surface area (Å²) >= 11 is 13.7. The van der Waals surface area contributed by atoms with Gasteiger partial charge in [-0.3, -0.25) is 14.4 Å². The molecule has 5 aromatic carbocycles. The number of fused-ring (bicyclic) bond motifs is 4. The lowest BCUT2D eigenvalue weighted by Crippen LogP contribution is -2.35. The number of nitrogens with one attached hydrogen (secondary N) is 2. The Morgan fingerprint density at radius 2 is 1.51 bits per heavy atom. The number of carbonyl (C=O) groups excluding carboxylic acids is 2. The van der Waals surface area contributed by atoms with Crippen molar-refractivity contribution in [2.45, 2.75) is 0 Å². The summed E-state index contributed by atoms with van der Waals surface area (Å²) < 4.78 is 12.2. The molecule has 0 atom stereocenters. The van der Waals surface area contributed by atoms with E-state index in [0.29, 0.717) is 60.9 Å². The minimum absolute atomic E-state index is 0.0119. The van der Waals surface area contributed by atoms with E-state index in [0.717, 1.165) is 16.8 Å². The van der Waals surface area contributed by atoms with Crippen LogP contribution in [0.2, 0.25) is 10.0 Å². The number of phenolic OH excluding ortho intramolecular Hbond substituents is 1. The molecule has 5 aromatic rings. The van der Waals surface area contributed by atoms with Crippen molar-refractivity contribution in [1.29, 1.82) is 0 Å². The molecule has 1 aliphatic carbocycles. The van der Waals surface area contributed by atoms with Crippen LogP contribution in [-0.4, -0.2) is 55.2 Å². The number of carbonyl (C=O) groups is 3. The van der Waals surface area contributed by atoms with Gasteiger partial charge in [0.25, 0.3) is 11.8 Å². The number of hydrogen-bond acceptors (Lipinski definition) is 8. The number of aromatic carboxylic acids is 1. The molecule has 59 heavy (non-hydrogen) atoms. The first kappa shape index (κ1) is 38.8. The number of carboxylic acid groups (broad SMARTS) is 1. The van der Waals surface area contributed by atoms with Gasteiger partial charge in [0.15, 0.2) is 5.43 Å². The number of halogens is 2. The van der Waals surface area contributed by atoms with Gasteiger partial charge in [0, 0.05) is 95.1 Å². The number of phenols is 1. The lowest BCUT2D eigenvalue weighted by Gasteiger charge is -2.25. The topological polar surface area (TPSA) is 158 Å². The Hall–Kier alpha value is -7.08. The third-order valence-electron chi connectivity index (χ3n) is 10.0. The van der Waals surface area contributed by atoms with Crippen LogP contribution < -0.4 is 36.1 Å². The van der Waals surface area contributed by atoms with Crippen LogP contribution in [0.4, 0.5) is 5.69 Å². The van der Waals surface area contributed by atoms with E-state index >= 15 is 0 Å². The predicted molar refractivity (Wildman–Crippen MR) is 228 cm³/mol. The highest BCUT2D eigenvalue weighted by Crippen LogP contribution is 2.44. The zero-order valence-electron chi connectivity index (χ0n) is 31.5. The standard InChI is InChI=1S/C46H33Cl2N3O8/c1-23-4-12-31-35(18-23)58-36-19-26(51(2)3)9-13-32(36)40(31)41-34(47)22-33(43(48)42(41)46(56)57)45(55)50-17-16-49-44(54)25-7-5-24(6-8-25)39-29-14-10-27(52)20-37(29)59-38-21-28(53)11-15-30(38)39/h4-15,18-22,52H,1,16-17H2,2-3H3,(H,49,54)(H,50,55)(H,56,57). The molecule has 0 radical (unpaired) electrons. The Kier molecular flexibility index (Phi) is 10.1. The fraction of sp³-hybridized carbons (Fsp3) is 0.0870. The van der Waals surface area contributed by atoms with Gasteiger partial charge in [-0.15, -0.1) is 0 Å². The molecular formula is C46H33Cl2N3O8. The Morgan fingerprint density at radius 1 is 0.780 bits per heavy atom. The van der Waals surface area contributed by atoms with Gasteiger partial charge in [-0.2, -0.15) is 0 Å². The summed E-state index contributed by atoms with van der Waals surface area (Å²) in [6.07, 6.45) is 0. The molecule has 0 saturated carbocycles. The van der Waals surface area contributed by atoms with Gasteiger partial charge in [0.2, 0.25) is 0 Å². The Morgan fingerprint density at radius 3 is 2.24 bits per heavy atom. The molecular weight excluding hydrogens is 793 g/mol. The van der Waals surface area contributed by atoms with Crippen molar-refractivity contribution in [3.05, 3.63) is 162 Å². The molecule has 0 saturated heterocycles. The number of hydrogen-bond donors (Lipinski definition) is 4. The molecule has 2 amide bonds. The summed E-state index contributed by atoms with van der Waals surface area (Å²) in [6, 6.07) is 28.3. The molecule has 294 valence electrons. The normalized spacial score (nSPS) is 11.8. The van der Waals surface area contributed by atoms with Gasteiger partial charge in [-0.25, -0.2) is 4.79 Å². The number of nitrogens with zero attached hydrogens (tertiary/aromatic N) is 1. The summed E-state index contributed by atoms with van der Waals surface area (Å²) in [5, 5.41) is 27.7. The highest BCUT2D eigenvalue weighted by Gasteiger charge is 2.31. The van der Waals surface area contributed by atoms with Crippen LogP contribution in [0.3, 0.4) is 0 Å². The number of aromatic hydroxyl groups is 1. The predicted octanol–water partition coefficient (Wildman–Crippen LogP) is 7.26. The molecule has 2 heterocycles. The Bertz CT molecular complexity index is 3050. The van der Waals surface area contributed by atoms with Crippen LogP contribution in [0.5, 0.6) is 17.2 Å². The van der Waals surface area contributed by atoms with E-state index < -0.39 is 17.8 Å². The second kappa shape index (κ2) is 15.4. The van der Waals surface area contributed by atoms with Crippen molar-refractivity contribution in [2.24, 2.45) is 0 Å². The number of amides is 2. The van der Waals surface area contributed by atoms with E-state index in [1.807, 2.05) is 37.2 Å². The average Bonchev–Trinajstić information content (AvgIpc) is 3.20. The first-order valence-corrected chi connectivity index (χ1v) is 19.0. The lowest BCUT2D eigenvalue weighted by molar-refractivity contribution is 0.0696. The largest absolute Gasteiger partial charge is 0.508 e. The van der Waals surface area contributed by atoms with Crippen molar-refractivity contribution in [2.75, 3.05) is 32.1 Å². The van der Waals surface area contributed by atoms with E-state index in [1.165, 1.54) is 24.3 Å². The highest BCUT2D eigenvalue weighted by molar-refractivity contribution is 6.40. The maximum absolute atomic E-state index is 13.5. The van der Waals surface area contributed by atoms with E-state index in [-0.39, 0.29) is 51.0 Å². The molecule has 4 N–H and O–H groups in total. The lowest BCUT2D eigenvalue weighted by atomic mass is 9.88. The molecule has 0 spiro atoms. The van der Waals surface area contributed by atoms with Crippen LogP contribution in [-0.2, 0) is 0 Å². The molecule has 2 aliphatic heterocycles. The third-order valence-corrected chi connectivity index (χ3v) is 10.7. The van der Waals surface area contributed by atoms with Crippen LogP contribution in [0.1, 0.15) is 42.2 Å². The molecule has 0 unspecified atom stereocenters. The molecule has 0 fully saturated rings. The van der Waals surface area contributed by atoms with E-state index in [4.69, 9.17) is 32.4 Å². The first-order chi connectivity index (χ1) is 28.3. The molecule has 3 aliphatic rings. The smallest absolute Gasteiger partial charge is 0.337 e. The van der Waals surface area contributed by atoms with Crippen LogP contribution in [0, 0.1) is 0 Å². The maximum atomic E-state index is 13.5. The van der Waals surface area contributed by atoms with Gasteiger partial charge >= 0.3 is 5.97 Å². The van der Waals surface area contributed by atoms with Gasteiger partial charge < -0.3 is 34.9 Å². The minimum Gasteiger partial charge on any atom is -0.508 e. The fourth-order valence-electron chi connectivity index (χ4n) is 7.22. The molecule has 0 aromatic heterocycles. The summed E-state index contributed by atoms with van der Waals surface area (Å²) in [4.78, 5) is 53.6. The fourth-order valence-corrected chi connectivity index (χ4v) is 7.83. The minimum atomic E-state index is -1.39. The molecule has 0 bridgehead atoms. The Balaban J connectivity index is 1.01. The van der Waals surface area contributed by atoms with Crippen molar-refractivity contribution in [1.82, 2.24) is 10.6 Å². The van der Waals surface area contributed by atoms with E-state index in [1.54, 1.807) is 60.7 Å². The highest BCUT2D eigenvalue weighted by atomic mass is 35.5. The summed E-state index contributed by atoms with van der Waals surface area (Å²) in [7, 11) is 3.78.